The lowest BCUT2D eigenvalue weighted by Gasteiger charge is -2.22. The van der Waals surface area contributed by atoms with Crippen molar-refractivity contribution in [2.45, 2.75) is 12.3 Å². The Labute approximate surface area is 138 Å². The third-order valence-corrected chi connectivity index (χ3v) is 4.12. The first-order valence-corrected chi connectivity index (χ1v) is 7.35. The van der Waals surface area contributed by atoms with Crippen molar-refractivity contribution >= 4 is 27.5 Å². The maximum Gasteiger partial charge on any atom is 0.417 e. The summed E-state index contributed by atoms with van der Waals surface area (Å²) in [5.74, 6) is -0.948. The average molecular weight is 390 g/mol. The summed E-state index contributed by atoms with van der Waals surface area (Å²) in [5, 5.41) is 0. The highest BCUT2D eigenvalue weighted by Crippen LogP contribution is 2.40. The number of nitrogens with zero attached hydrogens (tertiary/aromatic N) is 1. The Morgan fingerprint density at radius 1 is 1.09 bits per heavy atom. The van der Waals surface area contributed by atoms with Crippen LogP contribution in [0.25, 0.3) is 0 Å². The fraction of sp³-hybridized carbons (Fsp3) is 0.188. The lowest BCUT2D eigenvalue weighted by Crippen LogP contribution is -2.30. The number of likely N-dealkylation sites (N-methyl/N-ethyl adjacent to an activating group) is 1. The first-order valence-electron chi connectivity index (χ1n) is 6.55. The molecular formula is C16H12BrF4NO. The first-order chi connectivity index (χ1) is 10.7. The van der Waals surface area contributed by atoms with Crippen molar-refractivity contribution in [3.05, 3.63) is 64.1 Å². The zero-order chi connectivity index (χ0) is 17.2. The van der Waals surface area contributed by atoms with Crippen LogP contribution >= 0.6 is 15.9 Å². The Balaban J connectivity index is 2.34. The van der Waals surface area contributed by atoms with Crippen molar-refractivity contribution in [1.82, 2.24) is 0 Å². The Kier molecular flexibility index (Phi) is 5.09. The van der Waals surface area contributed by atoms with Crippen molar-refractivity contribution in [2.75, 3.05) is 11.9 Å². The highest BCUT2D eigenvalue weighted by atomic mass is 79.9. The molecule has 1 unspecified atom stereocenters. The molecule has 0 heterocycles. The second-order valence-electron chi connectivity index (χ2n) is 4.81. The summed E-state index contributed by atoms with van der Waals surface area (Å²) < 4.78 is 52.7. The van der Waals surface area contributed by atoms with Crippen molar-refractivity contribution in [1.29, 1.82) is 0 Å². The van der Waals surface area contributed by atoms with E-state index in [1.807, 2.05) is 0 Å². The van der Waals surface area contributed by atoms with Gasteiger partial charge in [0.25, 0.3) is 5.91 Å². The van der Waals surface area contributed by atoms with E-state index < -0.39 is 23.8 Å². The van der Waals surface area contributed by atoms with Crippen LogP contribution in [0.3, 0.4) is 0 Å². The summed E-state index contributed by atoms with van der Waals surface area (Å²) in [7, 11) is 1.23. The second-order valence-corrected chi connectivity index (χ2v) is 5.60. The molecule has 2 aromatic carbocycles. The van der Waals surface area contributed by atoms with Crippen LogP contribution < -0.4 is 4.90 Å². The van der Waals surface area contributed by atoms with Crippen molar-refractivity contribution in [2.24, 2.45) is 0 Å². The van der Waals surface area contributed by atoms with Gasteiger partial charge in [-0.3, -0.25) is 4.79 Å². The molecule has 0 saturated carbocycles. The molecule has 0 fully saturated rings. The topological polar surface area (TPSA) is 20.3 Å². The molecule has 0 radical (unpaired) electrons. The molecule has 0 spiro atoms. The minimum Gasteiger partial charge on any atom is -0.312 e. The zero-order valence-corrected chi connectivity index (χ0v) is 13.5. The predicted molar refractivity (Wildman–Crippen MR) is 82.8 cm³/mol. The molecule has 0 N–H and O–H groups in total. The molecule has 0 aliphatic heterocycles. The van der Waals surface area contributed by atoms with Crippen molar-refractivity contribution < 1.29 is 22.4 Å². The smallest absolute Gasteiger partial charge is 0.312 e. The molecule has 0 saturated heterocycles. The summed E-state index contributed by atoms with van der Waals surface area (Å²) in [5.41, 5.74) is -0.833. The highest BCUT2D eigenvalue weighted by molar-refractivity contribution is 9.10. The maximum absolute atomic E-state index is 14.3. The van der Waals surface area contributed by atoms with Gasteiger partial charge in [-0.05, 0) is 33.6 Å². The fourth-order valence-electron chi connectivity index (χ4n) is 2.05. The van der Waals surface area contributed by atoms with Gasteiger partial charge in [0.15, 0.2) is 0 Å². The Morgan fingerprint density at radius 2 is 1.70 bits per heavy atom. The number of anilines is 1. The van der Waals surface area contributed by atoms with Gasteiger partial charge < -0.3 is 4.90 Å². The zero-order valence-electron chi connectivity index (χ0n) is 11.9. The highest BCUT2D eigenvalue weighted by Gasteiger charge is 2.35. The summed E-state index contributed by atoms with van der Waals surface area (Å²) >= 11 is 2.86. The third kappa shape index (κ3) is 3.72. The van der Waals surface area contributed by atoms with Gasteiger partial charge >= 0.3 is 6.18 Å². The van der Waals surface area contributed by atoms with Gasteiger partial charge in [-0.2, -0.15) is 13.2 Å². The number of hydrogen-bond acceptors (Lipinski definition) is 1. The van der Waals surface area contributed by atoms with Crippen LogP contribution in [0.1, 0.15) is 17.3 Å². The molecule has 2 rings (SSSR count). The number of hydrogen-bond donors (Lipinski definition) is 0. The number of halogens is 5. The van der Waals surface area contributed by atoms with E-state index in [4.69, 9.17) is 0 Å². The van der Waals surface area contributed by atoms with Gasteiger partial charge in [0, 0.05) is 7.05 Å². The van der Waals surface area contributed by atoms with E-state index in [0.717, 1.165) is 11.0 Å². The molecule has 23 heavy (non-hydrogen) atoms. The summed E-state index contributed by atoms with van der Waals surface area (Å²) in [6, 6.07) is 11.1. The number of carbonyl (C=O) groups excluding carboxylic acids is 1. The molecular weight excluding hydrogens is 378 g/mol. The molecule has 122 valence electrons. The average Bonchev–Trinajstić information content (AvgIpc) is 2.52. The fourth-order valence-corrected chi connectivity index (χ4v) is 2.81. The number of rotatable bonds is 3. The normalized spacial score (nSPS) is 12.8. The van der Waals surface area contributed by atoms with E-state index in [1.54, 1.807) is 18.2 Å². The number of alkyl halides is 4. The van der Waals surface area contributed by atoms with Gasteiger partial charge in [-0.1, -0.05) is 36.4 Å². The number of carbonyl (C=O) groups is 1. The Hall–Kier alpha value is -1.89. The standard InChI is InChI=1S/C16H12BrF4NO/c1-22(15(23)14(18)10-6-3-2-4-7-10)12-9-5-8-11(13(12)17)16(19,20)21/h2-9,14H,1H3. The van der Waals surface area contributed by atoms with Crippen LogP contribution in [0, 0.1) is 0 Å². The van der Waals surface area contributed by atoms with Crippen LogP contribution in [0.5, 0.6) is 0 Å². The molecule has 0 aromatic heterocycles. The van der Waals surface area contributed by atoms with Crippen LogP contribution in [0.2, 0.25) is 0 Å². The SMILES string of the molecule is CN(C(=O)C(F)c1ccccc1)c1cccc(C(F)(F)F)c1Br. The molecule has 0 bridgehead atoms. The van der Waals surface area contributed by atoms with Crippen molar-refractivity contribution in [3.63, 3.8) is 0 Å². The van der Waals surface area contributed by atoms with E-state index in [0.29, 0.717) is 0 Å². The molecule has 0 aliphatic rings. The summed E-state index contributed by atoms with van der Waals surface area (Å²) in [6.45, 7) is 0. The summed E-state index contributed by atoms with van der Waals surface area (Å²) in [4.78, 5) is 13.1. The number of benzene rings is 2. The molecule has 1 atom stereocenters. The molecule has 2 aromatic rings. The van der Waals surface area contributed by atoms with E-state index in [2.05, 4.69) is 15.9 Å². The minimum absolute atomic E-state index is 0.0524. The van der Waals surface area contributed by atoms with Crippen molar-refractivity contribution in [3.8, 4) is 0 Å². The van der Waals surface area contributed by atoms with Gasteiger partial charge in [0.2, 0.25) is 6.17 Å². The quantitative estimate of drug-likeness (QED) is 0.665. The van der Waals surface area contributed by atoms with E-state index >= 15 is 0 Å². The molecule has 1 amide bonds. The van der Waals surface area contributed by atoms with Gasteiger partial charge in [-0.25, -0.2) is 4.39 Å². The molecule has 2 nitrogen and oxygen atoms in total. The second kappa shape index (κ2) is 6.70. The molecule has 0 aliphatic carbocycles. The predicted octanol–water partition coefficient (Wildman–Crippen LogP) is 5.14. The Bertz CT molecular complexity index is 703. The van der Waals surface area contributed by atoms with Gasteiger partial charge in [0.05, 0.1) is 15.7 Å². The van der Waals surface area contributed by atoms with E-state index in [1.165, 1.54) is 31.3 Å². The van der Waals surface area contributed by atoms with Crippen LogP contribution in [-0.2, 0) is 11.0 Å². The van der Waals surface area contributed by atoms with Gasteiger partial charge in [0.1, 0.15) is 0 Å². The first kappa shape index (κ1) is 17.5. The van der Waals surface area contributed by atoms with Gasteiger partial charge in [-0.15, -0.1) is 0 Å². The largest absolute Gasteiger partial charge is 0.417 e. The van der Waals surface area contributed by atoms with E-state index in [9.17, 15) is 22.4 Å². The third-order valence-electron chi connectivity index (χ3n) is 3.28. The van der Waals surface area contributed by atoms with Crippen LogP contribution in [0.15, 0.2) is 53.0 Å². The lowest BCUT2D eigenvalue weighted by atomic mass is 10.1. The minimum atomic E-state index is -4.58. The van der Waals surface area contributed by atoms with Crippen LogP contribution in [-0.4, -0.2) is 13.0 Å². The lowest BCUT2D eigenvalue weighted by molar-refractivity contribution is -0.138. The number of amides is 1. The monoisotopic (exact) mass is 389 g/mol. The van der Waals surface area contributed by atoms with Crippen LogP contribution in [0.4, 0.5) is 23.2 Å². The molecule has 7 heteroatoms. The Morgan fingerprint density at radius 3 is 2.26 bits per heavy atom. The van der Waals surface area contributed by atoms with E-state index in [-0.39, 0.29) is 15.7 Å². The summed E-state index contributed by atoms with van der Waals surface area (Å²) in [6.07, 6.45) is -6.53. The maximum atomic E-state index is 14.3.